The molecule has 0 radical (unpaired) electrons. The van der Waals surface area contributed by atoms with Gasteiger partial charge in [0.1, 0.15) is 0 Å². The van der Waals surface area contributed by atoms with Crippen LogP contribution < -0.4 is 4.90 Å². The highest BCUT2D eigenvalue weighted by atomic mass is 79.9. The third-order valence-electron chi connectivity index (χ3n) is 2.67. The monoisotopic (exact) mass is 275 g/mol. The predicted molar refractivity (Wildman–Crippen MR) is 60.7 cm³/mol. The second-order valence-electron chi connectivity index (χ2n) is 3.96. The number of hydrogen-bond acceptors (Lipinski definition) is 1. The molecule has 1 aromatic carbocycles. The molecule has 0 aromatic heterocycles. The van der Waals surface area contributed by atoms with Crippen molar-refractivity contribution in [1.29, 1.82) is 0 Å². The summed E-state index contributed by atoms with van der Waals surface area (Å²) in [5.74, 6) is -2.53. The Morgan fingerprint density at radius 3 is 2.67 bits per heavy atom. The lowest BCUT2D eigenvalue weighted by atomic mass is 10.2. The van der Waals surface area contributed by atoms with Crippen molar-refractivity contribution >= 4 is 21.6 Å². The van der Waals surface area contributed by atoms with Crippen molar-refractivity contribution in [2.75, 3.05) is 18.0 Å². The van der Waals surface area contributed by atoms with Gasteiger partial charge in [-0.1, -0.05) is 15.9 Å². The molecule has 0 atom stereocenters. The fourth-order valence-electron chi connectivity index (χ4n) is 1.92. The lowest BCUT2D eigenvalue weighted by Gasteiger charge is -2.20. The molecule has 0 amide bonds. The molecule has 82 valence electrons. The van der Waals surface area contributed by atoms with Crippen LogP contribution in [0.3, 0.4) is 0 Å². The summed E-state index contributed by atoms with van der Waals surface area (Å²) in [6.07, 6.45) is -0.0392. The van der Waals surface area contributed by atoms with Crippen LogP contribution in [0.25, 0.3) is 0 Å². The molecule has 2 rings (SSSR count). The Morgan fingerprint density at radius 2 is 2.13 bits per heavy atom. The highest BCUT2D eigenvalue weighted by Gasteiger charge is 2.38. The highest BCUT2D eigenvalue weighted by Crippen LogP contribution is 2.33. The molecular formula is C11H12BrF2N. The lowest BCUT2D eigenvalue weighted by molar-refractivity contribution is 0.0257. The fraction of sp³-hybridized carbons (Fsp3) is 0.455. The van der Waals surface area contributed by atoms with Gasteiger partial charge in [-0.15, -0.1) is 0 Å². The molecule has 0 bridgehead atoms. The molecule has 0 aliphatic carbocycles. The van der Waals surface area contributed by atoms with E-state index < -0.39 is 5.92 Å². The topological polar surface area (TPSA) is 3.24 Å². The van der Waals surface area contributed by atoms with Crippen LogP contribution in [-0.2, 0) is 0 Å². The van der Waals surface area contributed by atoms with Gasteiger partial charge in [0.25, 0.3) is 5.92 Å². The molecule has 1 heterocycles. The lowest BCUT2D eigenvalue weighted by Crippen LogP contribution is -2.25. The van der Waals surface area contributed by atoms with Crippen LogP contribution in [0.15, 0.2) is 22.7 Å². The third-order valence-corrected chi connectivity index (χ3v) is 3.16. The zero-order valence-electron chi connectivity index (χ0n) is 8.43. The van der Waals surface area contributed by atoms with E-state index >= 15 is 0 Å². The van der Waals surface area contributed by atoms with Gasteiger partial charge in [-0.05, 0) is 30.7 Å². The summed E-state index contributed by atoms with van der Waals surface area (Å²) in [5, 5.41) is 0. The highest BCUT2D eigenvalue weighted by molar-refractivity contribution is 9.10. The Kier molecular flexibility index (Phi) is 2.71. The zero-order valence-corrected chi connectivity index (χ0v) is 10.0. The SMILES string of the molecule is Cc1cc(Br)ccc1N1CCC(F)(F)C1. The summed E-state index contributed by atoms with van der Waals surface area (Å²) >= 11 is 3.36. The largest absolute Gasteiger partial charge is 0.365 e. The number of rotatable bonds is 1. The van der Waals surface area contributed by atoms with Gasteiger partial charge in [0.15, 0.2) is 0 Å². The Morgan fingerprint density at radius 1 is 1.40 bits per heavy atom. The number of nitrogens with zero attached hydrogens (tertiary/aromatic N) is 1. The second-order valence-corrected chi connectivity index (χ2v) is 4.87. The summed E-state index contributed by atoms with van der Waals surface area (Å²) < 4.78 is 27.1. The van der Waals surface area contributed by atoms with Crippen LogP contribution in [0.4, 0.5) is 14.5 Å². The maximum absolute atomic E-state index is 13.0. The van der Waals surface area contributed by atoms with Crippen LogP contribution in [-0.4, -0.2) is 19.0 Å². The molecular weight excluding hydrogens is 264 g/mol. The van der Waals surface area contributed by atoms with E-state index in [0.717, 1.165) is 15.7 Å². The molecule has 0 unspecified atom stereocenters. The average Bonchev–Trinajstić information content (AvgIpc) is 2.46. The summed E-state index contributed by atoms with van der Waals surface area (Å²) in [6.45, 7) is 2.22. The summed E-state index contributed by atoms with van der Waals surface area (Å²) in [7, 11) is 0. The van der Waals surface area contributed by atoms with Crippen LogP contribution in [0.5, 0.6) is 0 Å². The normalized spacial score (nSPS) is 19.6. The number of alkyl halides is 2. The number of anilines is 1. The standard InChI is InChI=1S/C11H12BrF2N/c1-8-6-9(12)2-3-10(8)15-5-4-11(13,14)7-15/h2-3,6H,4-5,7H2,1H3. The van der Waals surface area contributed by atoms with Crippen molar-refractivity contribution < 1.29 is 8.78 Å². The van der Waals surface area contributed by atoms with E-state index in [1.54, 1.807) is 4.90 Å². The van der Waals surface area contributed by atoms with Gasteiger partial charge >= 0.3 is 0 Å². The first-order valence-corrected chi connectivity index (χ1v) is 5.66. The van der Waals surface area contributed by atoms with Crippen LogP contribution in [0.2, 0.25) is 0 Å². The van der Waals surface area contributed by atoms with Gasteiger partial charge in [0, 0.05) is 23.1 Å². The molecule has 0 N–H and O–H groups in total. The van der Waals surface area contributed by atoms with Crippen molar-refractivity contribution in [3.8, 4) is 0 Å². The van der Waals surface area contributed by atoms with E-state index in [1.165, 1.54) is 0 Å². The predicted octanol–water partition coefficient (Wildman–Crippen LogP) is 3.60. The first kappa shape index (κ1) is 10.9. The maximum atomic E-state index is 13.0. The number of benzene rings is 1. The number of hydrogen-bond donors (Lipinski definition) is 0. The maximum Gasteiger partial charge on any atom is 0.266 e. The molecule has 1 aliphatic rings. The zero-order chi connectivity index (χ0) is 11.1. The Bertz CT molecular complexity index is 379. The van der Waals surface area contributed by atoms with Gasteiger partial charge < -0.3 is 4.90 Å². The van der Waals surface area contributed by atoms with E-state index in [-0.39, 0.29) is 13.0 Å². The van der Waals surface area contributed by atoms with Crippen LogP contribution >= 0.6 is 15.9 Å². The number of halogens is 3. The molecule has 1 aromatic rings. The van der Waals surface area contributed by atoms with Crippen molar-refractivity contribution in [1.82, 2.24) is 0 Å². The van der Waals surface area contributed by atoms with E-state index in [0.29, 0.717) is 6.54 Å². The smallest absolute Gasteiger partial charge is 0.266 e. The molecule has 0 spiro atoms. The van der Waals surface area contributed by atoms with E-state index in [4.69, 9.17) is 0 Å². The van der Waals surface area contributed by atoms with Crippen LogP contribution in [0, 0.1) is 6.92 Å². The third kappa shape index (κ3) is 2.30. The summed E-state index contributed by atoms with van der Waals surface area (Å²) in [5.41, 5.74) is 1.94. The molecule has 0 saturated carbocycles. The first-order chi connectivity index (χ1) is 6.98. The van der Waals surface area contributed by atoms with E-state index in [2.05, 4.69) is 15.9 Å². The Balaban J connectivity index is 2.24. The van der Waals surface area contributed by atoms with Crippen molar-refractivity contribution in [3.05, 3.63) is 28.2 Å². The molecule has 1 nitrogen and oxygen atoms in total. The minimum absolute atomic E-state index is 0.0392. The van der Waals surface area contributed by atoms with Crippen molar-refractivity contribution in [2.45, 2.75) is 19.3 Å². The van der Waals surface area contributed by atoms with E-state index in [1.807, 2.05) is 25.1 Å². The quantitative estimate of drug-likeness (QED) is 0.757. The molecule has 1 saturated heterocycles. The van der Waals surface area contributed by atoms with Gasteiger partial charge in [0.05, 0.1) is 6.54 Å². The number of aryl methyl sites for hydroxylation is 1. The van der Waals surface area contributed by atoms with Gasteiger partial charge in [-0.25, -0.2) is 8.78 Å². The van der Waals surface area contributed by atoms with E-state index in [9.17, 15) is 8.78 Å². The minimum Gasteiger partial charge on any atom is -0.365 e. The van der Waals surface area contributed by atoms with Crippen LogP contribution in [0.1, 0.15) is 12.0 Å². The average molecular weight is 276 g/mol. The Hall–Kier alpha value is -0.640. The molecule has 4 heteroatoms. The molecule has 1 fully saturated rings. The fourth-order valence-corrected chi connectivity index (χ4v) is 2.39. The van der Waals surface area contributed by atoms with Gasteiger partial charge in [-0.3, -0.25) is 0 Å². The second kappa shape index (κ2) is 3.74. The first-order valence-electron chi connectivity index (χ1n) is 4.87. The van der Waals surface area contributed by atoms with Gasteiger partial charge in [-0.2, -0.15) is 0 Å². The Labute approximate surface area is 96.2 Å². The molecule has 1 aliphatic heterocycles. The van der Waals surface area contributed by atoms with Crippen molar-refractivity contribution in [2.24, 2.45) is 0 Å². The summed E-state index contributed by atoms with van der Waals surface area (Å²) in [6, 6.07) is 5.73. The molecule has 15 heavy (non-hydrogen) atoms. The van der Waals surface area contributed by atoms with Gasteiger partial charge in [0.2, 0.25) is 0 Å². The minimum atomic E-state index is -2.53. The van der Waals surface area contributed by atoms with Crippen molar-refractivity contribution in [3.63, 3.8) is 0 Å². The summed E-state index contributed by atoms with van der Waals surface area (Å²) in [4.78, 5) is 1.75.